The first-order chi connectivity index (χ1) is 8.22. The summed E-state index contributed by atoms with van der Waals surface area (Å²) in [6, 6.07) is 2.62. The molecule has 0 saturated carbocycles. The van der Waals surface area contributed by atoms with Gasteiger partial charge >= 0.3 is 0 Å². The first-order valence-corrected chi connectivity index (χ1v) is 6.72. The van der Waals surface area contributed by atoms with Gasteiger partial charge < -0.3 is 5.73 Å². The summed E-state index contributed by atoms with van der Waals surface area (Å²) >= 11 is 0. The molecule has 94 valence electrons. The Labute approximate surface area is 104 Å². The molecular formula is C14H23N3. The summed E-state index contributed by atoms with van der Waals surface area (Å²) in [5, 5.41) is 4.59. The number of nitrogens with zero attached hydrogens (tertiary/aromatic N) is 2. The summed E-state index contributed by atoms with van der Waals surface area (Å²) in [5.41, 5.74) is 10.00. The molecule has 0 radical (unpaired) electrons. The van der Waals surface area contributed by atoms with Gasteiger partial charge in [-0.3, -0.25) is 4.68 Å². The van der Waals surface area contributed by atoms with Crippen molar-refractivity contribution in [2.24, 2.45) is 5.73 Å². The van der Waals surface area contributed by atoms with Crippen LogP contribution in [-0.2, 0) is 19.4 Å². The second kappa shape index (κ2) is 5.50. The molecule has 0 bridgehead atoms. The van der Waals surface area contributed by atoms with E-state index in [-0.39, 0.29) is 0 Å². The highest BCUT2D eigenvalue weighted by Crippen LogP contribution is 2.21. The predicted octanol–water partition coefficient (Wildman–Crippen LogP) is 2.45. The topological polar surface area (TPSA) is 43.8 Å². The average Bonchev–Trinajstić information content (AvgIpc) is 2.74. The van der Waals surface area contributed by atoms with Crippen molar-refractivity contribution in [3.8, 4) is 0 Å². The van der Waals surface area contributed by atoms with Gasteiger partial charge in [0.05, 0.1) is 5.69 Å². The van der Waals surface area contributed by atoms with Crippen molar-refractivity contribution >= 4 is 0 Å². The zero-order chi connectivity index (χ0) is 12.3. The van der Waals surface area contributed by atoms with Gasteiger partial charge in [0.2, 0.25) is 0 Å². The monoisotopic (exact) mass is 233 g/mol. The average molecular weight is 233 g/mol. The van der Waals surface area contributed by atoms with Crippen molar-refractivity contribution < 1.29 is 0 Å². The number of aromatic nitrogens is 2. The van der Waals surface area contributed by atoms with Crippen molar-refractivity contribution in [1.29, 1.82) is 0 Å². The maximum Gasteiger partial charge on any atom is 0.0624 e. The van der Waals surface area contributed by atoms with Gasteiger partial charge in [0.15, 0.2) is 0 Å². The van der Waals surface area contributed by atoms with Gasteiger partial charge in [0.1, 0.15) is 0 Å². The Morgan fingerprint density at radius 3 is 2.88 bits per heavy atom. The lowest BCUT2D eigenvalue weighted by atomic mass is 9.93. The van der Waals surface area contributed by atoms with Gasteiger partial charge in [-0.25, -0.2) is 0 Å². The summed E-state index contributed by atoms with van der Waals surface area (Å²) in [7, 11) is 0. The SMILES string of the molecule is CCc1cc(CC2=CCC(N)CC2)n(CC)n1. The minimum atomic E-state index is 0.376. The molecule has 17 heavy (non-hydrogen) atoms. The van der Waals surface area contributed by atoms with Crippen LogP contribution in [-0.4, -0.2) is 15.8 Å². The second-order valence-electron chi connectivity index (χ2n) is 4.87. The van der Waals surface area contributed by atoms with E-state index in [1.807, 2.05) is 0 Å². The summed E-state index contributed by atoms with van der Waals surface area (Å²) < 4.78 is 2.13. The molecule has 1 heterocycles. The Morgan fingerprint density at radius 1 is 1.47 bits per heavy atom. The number of rotatable bonds is 4. The van der Waals surface area contributed by atoms with Crippen LogP contribution in [0.2, 0.25) is 0 Å². The summed E-state index contributed by atoms with van der Waals surface area (Å²) in [6.45, 7) is 5.27. The highest BCUT2D eigenvalue weighted by molar-refractivity contribution is 5.20. The maximum atomic E-state index is 5.91. The molecule has 2 rings (SSSR count). The van der Waals surface area contributed by atoms with Crippen LogP contribution in [0.3, 0.4) is 0 Å². The standard InChI is InChI=1S/C14H23N3/c1-3-13-10-14(17(4-2)16-13)9-11-5-7-12(15)8-6-11/h5,10,12H,3-4,6-9,15H2,1-2H3. The van der Waals surface area contributed by atoms with E-state index in [9.17, 15) is 0 Å². The van der Waals surface area contributed by atoms with Crippen molar-refractivity contribution in [3.05, 3.63) is 29.1 Å². The minimum Gasteiger partial charge on any atom is -0.327 e. The Kier molecular flexibility index (Phi) is 4.00. The van der Waals surface area contributed by atoms with E-state index >= 15 is 0 Å². The fourth-order valence-corrected chi connectivity index (χ4v) is 2.41. The molecule has 3 heteroatoms. The molecule has 0 amide bonds. The molecule has 1 atom stereocenters. The molecule has 1 aliphatic carbocycles. The number of allylic oxidation sites excluding steroid dienone is 1. The first-order valence-electron chi connectivity index (χ1n) is 6.72. The van der Waals surface area contributed by atoms with Crippen LogP contribution in [0.1, 0.15) is 44.5 Å². The minimum absolute atomic E-state index is 0.376. The van der Waals surface area contributed by atoms with Crippen LogP contribution in [0.4, 0.5) is 0 Å². The number of aryl methyl sites for hydroxylation is 2. The molecule has 0 aliphatic heterocycles. The van der Waals surface area contributed by atoms with Crippen molar-refractivity contribution in [2.75, 3.05) is 0 Å². The second-order valence-corrected chi connectivity index (χ2v) is 4.87. The first kappa shape index (κ1) is 12.4. The van der Waals surface area contributed by atoms with Gasteiger partial charge in [-0.1, -0.05) is 18.6 Å². The maximum absolute atomic E-state index is 5.91. The predicted molar refractivity (Wildman–Crippen MR) is 70.9 cm³/mol. The van der Waals surface area contributed by atoms with Gasteiger partial charge in [0.25, 0.3) is 0 Å². The molecule has 2 N–H and O–H groups in total. The smallest absolute Gasteiger partial charge is 0.0624 e. The number of hydrogen-bond acceptors (Lipinski definition) is 2. The Balaban J connectivity index is 2.10. The third kappa shape index (κ3) is 2.97. The zero-order valence-electron chi connectivity index (χ0n) is 10.9. The Hall–Kier alpha value is -1.09. The van der Waals surface area contributed by atoms with Gasteiger partial charge in [-0.05, 0) is 38.7 Å². The summed E-state index contributed by atoms with van der Waals surface area (Å²) in [6.07, 6.45) is 7.71. The van der Waals surface area contributed by atoms with E-state index in [0.29, 0.717) is 6.04 Å². The third-order valence-corrected chi connectivity index (χ3v) is 3.53. The lowest BCUT2D eigenvalue weighted by Gasteiger charge is -2.18. The summed E-state index contributed by atoms with van der Waals surface area (Å²) in [4.78, 5) is 0. The molecule has 0 aromatic carbocycles. The Bertz CT molecular complexity index is 404. The molecule has 1 aromatic heterocycles. The third-order valence-electron chi connectivity index (χ3n) is 3.53. The molecule has 0 fully saturated rings. The van der Waals surface area contributed by atoms with E-state index in [1.54, 1.807) is 0 Å². The zero-order valence-corrected chi connectivity index (χ0v) is 10.9. The van der Waals surface area contributed by atoms with Crippen molar-refractivity contribution in [3.63, 3.8) is 0 Å². The van der Waals surface area contributed by atoms with Gasteiger partial charge in [0, 0.05) is 24.7 Å². The van der Waals surface area contributed by atoms with Gasteiger partial charge in [-0.15, -0.1) is 0 Å². The van der Waals surface area contributed by atoms with Crippen LogP contribution in [0.15, 0.2) is 17.7 Å². The van der Waals surface area contributed by atoms with E-state index in [0.717, 1.165) is 38.6 Å². The summed E-state index contributed by atoms with van der Waals surface area (Å²) in [5.74, 6) is 0. The van der Waals surface area contributed by atoms with Crippen LogP contribution >= 0.6 is 0 Å². The van der Waals surface area contributed by atoms with Crippen LogP contribution in [0, 0.1) is 0 Å². The number of hydrogen-bond donors (Lipinski definition) is 1. The van der Waals surface area contributed by atoms with Crippen LogP contribution in [0.5, 0.6) is 0 Å². The molecule has 0 saturated heterocycles. The lowest BCUT2D eigenvalue weighted by molar-refractivity contribution is 0.571. The van der Waals surface area contributed by atoms with Gasteiger partial charge in [-0.2, -0.15) is 5.10 Å². The van der Waals surface area contributed by atoms with Crippen molar-refractivity contribution in [1.82, 2.24) is 9.78 Å². The fourth-order valence-electron chi connectivity index (χ4n) is 2.41. The number of nitrogens with two attached hydrogens (primary N) is 1. The lowest BCUT2D eigenvalue weighted by Crippen LogP contribution is -2.22. The highest BCUT2D eigenvalue weighted by Gasteiger charge is 2.13. The molecule has 0 spiro atoms. The van der Waals surface area contributed by atoms with E-state index < -0.39 is 0 Å². The molecular weight excluding hydrogens is 210 g/mol. The van der Waals surface area contributed by atoms with Crippen molar-refractivity contribution in [2.45, 2.75) is 58.5 Å². The molecule has 1 unspecified atom stereocenters. The van der Waals surface area contributed by atoms with Crippen LogP contribution < -0.4 is 5.73 Å². The Morgan fingerprint density at radius 2 is 2.29 bits per heavy atom. The van der Waals surface area contributed by atoms with E-state index in [2.05, 4.69) is 35.8 Å². The van der Waals surface area contributed by atoms with E-state index in [1.165, 1.54) is 17.0 Å². The largest absolute Gasteiger partial charge is 0.327 e. The fraction of sp³-hybridized carbons (Fsp3) is 0.643. The van der Waals surface area contributed by atoms with Crippen LogP contribution in [0.25, 0.3) is 0 Å². The quantitative estimate of drug-likeness (QED) is 0.812. The van der Waals surface area contributed by atoms with E-state index in [4.69, 9.17) is 5.73 Å². The normalized spacial score (nSPS) is 20.4. The molecule has 1 aromatic rings. The molecule has 3 nitrogen and oxygen atoms in total. The molecule has 1 aliphatic rings. The highest BCUT2D eigenvalue weighted by atomic mass is 15.3.